The molecule has 202 valence electrons. The van der Waals surface area contributed by atoms with E-state index in [1.807, 2.05) is 37.4 Å². The zero-order valence-electron chi connectivity index (χ0n) is 21.5. The second kappa shape index (κ2) is 11.1. The molecule has 1 saturated heterocycles. The van der Waals surface area contributed by atoms with Gasteiger partial charge in [-0.15, -0.1) is 15.7 Å². The maximum atomic E-state index is 14.9. The summed E-state index contributed by atoms with van der Waals surface area (Å²) < 4.78 is 25.9. The predicted molar refractivity (Wildman–Crippen MR) is 146 cm³/mol. The number of rotatable bonds is 6. The van der Waals surface area contributed by atoms with E-state index < -0.39 is 17.6 Å². The van der Waals surface area contributed by atoms with Crippen LogP contribution in [-0.4, -0.2) is 60.2 Å². The van der Waals surface area contributed by atoms with Crippen molar-refractivity contribution in [3.05, 3.63) is 63.3 Å². The number of carbonyl (C=O) groups excluding carboxylic acids is 2. The summed E-state index contributed by atoms with van der Waals surface area (Å²) >= 11 is 1.26. The SMILES string of the molecule is C#[N+][C@@]1(F)COCc2ccc(C(=O)NCC(=O)Nc3nc(-c4cccc(N5C[C@@H](C)O[C@@H](C)C5)n4)cs3)cc21. The molecule has 5 rings (SSSR count). The first-order chi connectivity index (χ1) is 18.7. The fourth-order valence-electron chi connectivity index (χ4n) is 4.66. The molecule has 0 radical (unpaired) electrons. The number of pyridine rings is 1. The number of hydrogen-bond acceptors (Lipinski definition) is 8. The molecule has 3 aromatic rings. The van der Waals surface area contributed by atoms with E-state index in [4.69, 9.17) is 21.0 Å². The highest BCUT2D eigenvalue weighted by Crippen LogP contribution is 2.36. The first-order valence-corrected chi connectivity index (χ1v) is 13.4. The normalized spacial score (nSPS) is 22.5. The Labute approximate surface area is 229 Å². The number of fused-ring (bicyclic) bond motifs is 1. The number of carbonyl (C=O) groups is 2. The molecule has 2 N–H and O–H groups in total. The summed E-state index contributed by atoms with van der Waals surface area (Å²) in [7, 11) is 0. The van der Waals surface area contributed by atoms with Crippen LogP contribution in [-0.2, 0) is 26.7 Å². The van der Waals surface area contributed by atoms with E-state index >= 15 is 0 Å². The van der Waals surface area contributed by atoms with E-state index in [2.05, 4.69) is 25.4 Å². The molecule has 1 fully saturated rings. The molecule has 12 heteroatoms. The Bertz CT molecular complexity index is 1430. The highest BCUT2D eigenvalue weighted by Gasteiger charge is 2.48. The van der Waals surface area contributed by atoms with Crippen molar-refractivity contribution in [2.45, 2.75) is 38.5 Å². The molecule has 2 aliphatic heterocycles. The molecular formula is C27H28FN6O4S+. The minimum atomic E-state index is -2.22. The van der Waals surface area contributed by atoms with Crippen LogP contribution in [0.2, 0.25) is 0 Å². The summed E-state index contributed by atoms with van der Waals surface area (Å²) in [5.74, 6) is -2.37. The number of hydrogen-bond donors (Lipinski definition) is 2. The molecule has 4 heterocycles. The molecule has 2 aliphatic rings. The number of anilines is 2. The Kier molecular flexibility index (Phi) is 7.56. The van der Waals surface area contributed by atoms with E-state index in [1.54, 1.807) is 6.07 Å². The maximum absolute atomic E-state index is 14.9. The first-order valence-electron chi connectivity index (χ1n) is 12.5. The lowest BCUT2D eigenvalue weighted by atomic mass is 9.95. The maximum Gasteiger partial charge on any atom is 0.466 e. The summed E-state index contributed by atoms with van der Waals surface area (Å²) in [5, 5.41) is 7.43. The number of nitrogens with zero attached hydrogens (tertiary/aromatic N) is 4. The quantitative estimate of drug-likeness (QED) is 0.449. The number of alkyl halides is 1. The highest BCUT2D eigenvalue weighted by molar-refractivity contribution is 7.14. The predicted octanol–water partition coefficient (Wildman–Crippen LogP) is 3.80. The molecule has 39 heavy (non-hydrogen) atoms. The Morgan fingerprint density at radius 3 is 2.77 bits per heavy atom. The summed E-state index contributed by atoms with van der Waals surface area (Å²) in [6, 6.07) is 10.3. The lowest BCUT2D eigenvalue weighted by Crippen LogP contribution is -2.45. The van der Waals surface area contributed by atoms with Crippen LogP contribution in [0, 0.1) is 6.57 Å². The largest absolute Gasteiger partial charge is 0.466 e. The van der Waals surface area contributed by atoms with Gasteiger partial charge in [0.15, 0.2) is 11.7 Å². The summed E-state index contributed by atoms with van der Waals surface area (Å²) in [4.78, 5) is 39.9. The Balaban J connectivity index is 1.19. The van der Waals surface area contributed by atoms with Gasteiger partial charge in [0.1, 0.15) is 11.5 Å². The van der Waals surface area contributed by atoms with E-state index in [0.29, 0.717) is 22.1 Å². The van der Waals surface area contributed by atoms with E-state index in [-0.39, 0.29) is 43.1 Å². The van der Waals surface area contributed by atoms with Crippen molar-refractivity contribution in [1.29, 1.82) is 0 Å². The first kappa shape index (κ1) is 26.7. The molecule has 0 saturated carbocycles. The molecule has 0 bridgehead atoms. The van der Waals surface area contributed by atoms with Crippen molar-refractivity contribution in [3.8, 4) is 18.0 Å². The van der Waals surface area contributed by atoms with Gasteiger partial charge in [0.25, 0.3) is 12.5 Å². The van der Waals surface area contributed by atoms with Crippen LogP contribution in [0.1, 0.15) is 35.3 Å². The van der Waals surface area contributed by atoms with Gasteiger partial charge in [-0.2, -0.15) is 0 Å². The minimum Gasteiger partial charge on any atom is -0.372 e. The minimum absolute atomic E-state index is 0.112. The van der Waals surface area contributed by atoms with Gasteiger partial charge >= 0.3 is 5.79 Å². The molecule has 2 amide bonds. The van der Waals surface area contributed by atoms with E-state index in [0.717, 1.165) is 18.9 Å². The van der Waals surface area contributed by atoms with Crippen LogP contribution >= 0.6 is 11.3 Å². The van der Waals surface area contributed by atoms with Crippen LogP contribution in [0.25, 0.3) is 16.2 Å². The monoisotopic (exact) mass is 551 g/mol. The van der Waals surface area contributed by atoms with E-state index in [1.165, 1.54) is 23.5 Å². The third-order valence-electron chi connectivity index (χ3n) is 6.44. The fraction of sp³-hybridized carbons (Fsp3) is 0.370. The van der Waals surface area contributed by atoms with Gasteiger partial charge in [0.05, 0.1) is 36.6 Å². The van der Waals surface area contributed by atoms with Gasteiger partial charge in [-0.1, -0.05) is 12.1 Å². The number of thiazole rings is 1. The van der Waals surface area contributed by atoms with E-state index in [9.17, 15) is 14.0 Å². The smallest absolute Gasteiger partial charge is 0.372 e. The van der Waals surface area contributed by atoms with Crippen molar-refractivity contribution >= 4 is 34.1 Å². The highest BCUT2D eigenvalue weighted by atomic mass is 32.1. The van der Waals surface area contributed by atoms with Crippen LogP contribution in [0.4, 0.5) is 15.3 Å². The van der Waals surface area contributed by atoms with Crippen LogP contribution < -0.4 is 15.5 Å². The van der Waals surface area contributed by atoms with Gasteiger partial charge < -0.3 is 25.0 Å². The second-order valence-corrected chi connectivity index (χ2v) is 10.4. The third kappa shape index (κ3) is 5.90. The number of morpholine rings is 1. The van der Waals surface area contributed by atoms with Gasteiger partial charge in [0.2, 0.25) is 5.91 Å². The molecule has 3 atom stereocenters. The fourth-order valence-corrected chi connectivity index (χ4v) is 5.38. The van der Waals surface area contributed by atoms with Gasteiger partial charge in [0, 0.05) is 24.0 Å². The number of ether oxygens (including phenoxy) is 2. The summed E-state index contributed by atoms with van der Waals surface area (Å²) in [6.07, 6.45) is 0.225. The Morgan fingerprint density at radius 1 is 1.21 bits per heavy atom. The zero-order chi connectivity index (χ0) is 27.6. The average molecular weight is 552 g/mol. The summed E-state index contributed by atoms with van der Waals surface area (Å²) in [6.45, 7) is 10.4. The van der Waals surface area contributed by atoms with Crippen molar-refractivity contribution < 1.29 is 23.5 Å². The molecule has 1 aromatic carbocycles. The third-order valence-corrected chi connectivity index (χ3v) is 7.20. The van der Waals surface area contributed by atoms with Gasteiger partial charge in [-0.25, -0.2) is 9.97 Å². The standard InChI is InChI=1S/C27H27FN6O4S/c1-16-11-34(12-17(2)38-16)23-6-4-5-21(31-23)22-14-39-26(32-22)33-24(35)10-30-25(36)18-7-8-19-13-37-15-27(28,29-3)20(19)9-18/h3-9,14,16-17H,10-13,15H2,1-2H3,(H-,30,32,33,35,36)/p+1/t16-,17+,27-/m0/s1. The van der Waals surface area contributed by atoms with Crippen molar-refractivity contribution in [2.24, 2.45) is 0 Å². The topological polar surface area (TPSA) is 110 Å². The molecule has 10 nitrogen and oxygen atoms in total. The molecule has 0 unspecified atom stereocenters. The van der Waals surface area contributed by atoms with Crippen LogP contribution in [0.15, 0.2) is 41.8 Å². The van der Waals surface area contributed by atoms with Crippen molar-refractivity contribution in [1.82, 2.24) is 15.3 Å². The van der Waals surface area contributed by atoms with Crippen molar-refractivity contribution in [3.63, 3.8) is 0 Å². The Morgan fingerprint density at radius 2 is 2.00 bits per heavy atom. The summed E-state index contributed by atoms with van der Waals surface area (Å²) in [5.41, 5.74) is 2.24. The number of nitrogens with one attached hydrogen (secondary N) is 2. The number of amides is 2. The molecule has 2 aromatic heterocycles. The number of benzene rings is 1. The molecular weight excluding hydrogens is 523 g/mol. The van der Waals surface area contributed by atoms with Crippen LogP contribution in [0.5, 0.6) is 0 Å². The molecule has 0 aliphatic carbocycles. The Hall–Kier alpha value is -3.92. The lowest BCUT2D eigenvalue weighted by Gasteiger charge is -2.36. The number of halogens is 1. The van der Waals surface area contributed by atoms with Gasteiger partial charge in [-0.05, 0) is 48.5 Å². The zero-order valence-corrected chi connectivity index (χ0v) is 22.3. The average Bonchev–Trinajstić information content (AvgIpc) is 3.40. The van der Waals surface area contributed by atoms with Gasteiger partial charge in [-0.3, -0.25) is 9.59 Å². The molecule has 0 spiro atoms. The lowest BCUT2D eigenvalue weighted by molar-refractivity contribution is -0.115. The second-order valence-electron chi connectivity index (χ2n) is 9.57. The van der Waals surface area contributed by atoms with Crippen molar-refractivity contribution in [2.75, 3.05) is 36.5 Å². The number of aromatic nitrogens is 2. The van der Waals surface area contributed by atoms with Crippen LogP contribution in [0.3, 0.4) is 0 Å².